The van der Waals surface area contributed by atoms with Gasteiger partial charge in [0, 0.05) is 130 Å². The Morgan fingerprint density at radius 2 is 0.727 bits per heavy atom. The quantitative estimate of drug-likeness (QED) is 0.199. The van der Waals surface area contributed by atoms with Gasteiger partial charge < -0.3 is 33.8 Å². The lowest BCUT2D eigenvalue weighted by Crippen LogP contribution is -2.33. The van der Waals surface area contributed by atoms with Crippen LogP contribution in [-0.2, 0) is 23.4 Å². The number of aliphatic imine (C=N–C) groups is 2. The molecule has 0 saturated carbocycles. The van der Waals surface area contributed by atoms with E-state index in [1.165, 1.54) is 89.7 Å². The van der Waals surface area contributed by atoms with E-state index in [0.717, 1.165) is 0 Å². The van der Waals surface area contributed by atoms with Crippen LogP contribution in [0.15, 0.2) is 9.98 Å². The number of ether oxygens (including phenoxy) is 1. The van der Waals surface area contributed by atoms with Crippen molar-refractivity contribution in [3.05, 3.63) is 0 Å². The van der Waals surface area contributed by atoms with Crippen molar-refractivity contribution in [2.45, 2.75) is 109 Å². The number of carbonyl (C=O) groups excluding carboxylic acids is 4. The molecule has 0 bridgehead atoms. The molecule has 0 unspecified atom stereocenters. The fourth-order valence-corrected chi connectivity index (χ4v) is 1.10. The first kappa shape index (κ1) is 73.2. The standard InChI is InChI=1S/2C6H13N.C5H12N2O.C4H9NO2.2C4H9NO.2C4H10.C3H9O2P/c2*1-5(2)6(3)7-4;1-6(2)5(8)7(3)4;1-5(2)4(6)7-3;2*1-4(6)5(2)3;2*1-3-4-2;1-5-6(2,3)4/h2*5H,1-4H3;1-4H3;1-3H3;2*1-3H3;2*3-4H2,1-2H3;1-3H3. The Morgan fingerprint density at radius 1 is 0.527 bits per heavy atom. The molecule has 5 amide bonds. The maximum Gasteiger partial charge on any atom is 0.408 e. The lowest BCUT2D eigenvalue weighted by atomic mass is 10.1. The minimum Gasteiger partial charge on any atom is -0.453 e. The molecule has 0 aromatic carbocycles. The van der Waals surface area contributed by atoms with Gasteiger partial charge in [0.1, 0.15) is 0 Å². The first-order valence-electron chi connectivity index (χ1n) is 18.7. The zero-order valence-corrected chi connectivity index (χ0v) is 42.3. The summed E-state index contributed by atoms with van der Waals surface area (Å²) in [5.41, 5.74) is 2.44. The molecule has 55 heavy (non-hydrogen) atoms. The molecule has 0 atom stereocenters. The minimum atomic E-state index is -2.15. The molecule has 0 spiro atoms. The highest BCUT2D eigenvalue weighted by molar-refractivity contribution is 7.57. The highest BCUT2D eigenvalue weighted by atomic mass is 31.2. The van der Waals surface area contributed by atoms with E-state index in [9.17, 15) is 23.7 Å². The van der Waals surface area contributed by atoms with E-state index in [2.05, 4.69) is 74.6 Å². The van der Waals surface area contributed by atoms with Crippen LogP contribution < -0.4 is 0 Å². The number of rotatable bonds is 5. The van der Waals surface area contributed by atoms with E-state index in [-0.39, 0.29) is 23.9 Å². The Kier molecular flexibility index (Phi) is 67.9. The number of carbonyl (C=O) groups is 4. The molecular formula is C40H94N7O7P. The number of methoxy groups -OCH3 is 1. The first-order valence-corrected chi connectivity index (χ1v) is 21.3. The van der Waals surface area contributed by atoms with Crippen molar-refractivity contribution in [3.8, 4) is 0 Å². The van der Waals surface area contributed by atoms with Gasteiger partial charge >= 0.3 is 12.1 Å². The van der Waals surface area contributed by atoms with E-state index >= 15 is 0 Å². The van der Waals surface area contributed by atoms with Gasteiger partial charge in [0.25, 0.3) is 0 Å². The van der Waals surface area contributed by atoms with Crippen LogP contribution in [0.25, 0.3) is 0 Å². The minimum absolute atomic E-state index is 0.0185. The second-order valence-corrected chi connectivity index (χ2v) is 16.6. The molecule has 0 N–H and O–H groups in total. The van der Waals surface area contributed by atoms with Crippen LogP contribution in [0.1, 0.15) is 109 Å². The average Bonchev–Trinajstić information content (AvgIpc) is 3.11. The lowest BCUT2D eigenvalue weighted by molar-refractivity contribution is -0.127. The predicted molar refractivity (Wildman–Crippen MR) is 243 cm³/mol. The summed E-state index contributed by atoms with van der Waals surface area (Å²) in [6, 6.07) is 0.0185. The van der Waals surface area contributed by atoms with Gasteiger partial charge in [-0.3, -0.25) is 24.1 Å². The van der Waals surface area contributed by atoms with Crippen molar-refractivity contribution in [1.29, 1.82) is 0 Å². The molecule has 14 nitrogen and oxygen atoms in total. The summed E-state index contributed by atoms with van der Waals surface area (Å²) >= 11 is 0. The van der Waals surface area contributed by atoms with Gasteiger partial charge in [-0.25, -0.2) is 9.59 Å². The monoisotopic (exact) mass is 816 g/mol. The third-order valence-corrected chi connectivity index (χ3v) is 7.26. The van der Waals surface area contributed by atoms with E-state index in [0.29, 0.717) is 11.8 Å². The lowest BCUT2D eigenvalue weighted by Gasteiger charge is -2.16. The van der Waals surface area contributed by atoms with Crippen molar-refractivity contribution >= 4 is 42.7 Å². The number of unbranched alkanes of at least 4 members (excludes halogenated alkanes) is 2. The molecule has 15 heteroatoms. The number of urea groups is 1. The molecule has 336 valence electrons. The molecule has 0 aromatic heterocycles. The van der Waals surface area contributed by atoms with Gasteiger partial charge in [-0.05, 0) is 25.7 Å². The average molecular weight is 816 g/mol. The van der Waals surface area contributed by atoms with Gasteiger partial charge in [-0.2, -0.15) is 0 Å². The summed E-state index contributed by atoms with van der Waals surface area (Å²) in [5, 5.41) is 0. The molecule has 0 aliphatic rings. The van der Waals surface area contributed by atoms with E-state index in [1.54, 1.807) is 83.8 Å². The normalized spacial score (nSPS) is 9.64. The Hall–Kier alpha value is -2.99. The van der Waals surface area contributed by atoms with Gasteiger partial charge in [0.15, 0.2) is 7.37 Å². The fraction of sp³-hybridized carbons (Fsp3) is 0.850. The SMILES string of the molecule is CC(=O)N(C)C.CC(=O)N(C)C.CCCC.CCCC.CN(C)C(=O)N(C)C.CN=C(C)C(C)C.CN=C(C)C(C)C.COC(=O)N(C)C.COP(C)(C)=O. The maximum absolute atomic E-state index is 10.7. The molecule has 0 saturated heterocycles. The Labute approximate surface area is 342 Å². The first-order chi connectivity index (χ1) is 24.8. The van der Waals surface area contributed by atoms with E-state index in [4.69, 9.17) is 0 Å². The second kappa shape index (κ2) is 51.0. The zero-order valence-electron chi connectivity index (χ0n) is 41.4. The van der Waals surface area contributed by atoms with Crippen molar-refractivity contribution < 1.29 is 33.0 Å². The van der Waals surface area contributed by atoms with Crippen molar-refractivity contribution in [3.63, 3.8) is 0 Å². The molecule has 0 aliphatic carbocycles. The number of hydrogen-bond acceptors (Lipinski definition) is 9. The van der Waals surface area contributed by atoms with E-state index in [1.807, 2.05) is 27.9 Å². The topological polar surface area (TPSA) is 145 Å². The van der Waals surface area contributed by atoms with Crippen molar-refractivity contribution in [2.24, 2.45) is 21.8 Å². The zero-order chi connectivity index (χ0) is 46.7. The van der Waals surface area contributed by atoms with Crippen molar-refractivity contribution in [2.75, 3.05) is 112 Å². The van der Waals surface area contributed by atoms with Crippen LogP contribution in [0.3, 0.4) is 0 Å². The van der Waals surface area contributed by atoms with Crippen LogP contribution in [-0.4, -0.2) is 172 Å². The van der Waals surface area contributed by atoms with E-state index < -0.39 is 7.37 Å². The molecule has 0 radical (unpaired) electrons. The van der Waals surface area contributed by atoms with Crippen LogP contribution >= 0.6 is 7.37 Å². The van der Waals surface area contributed by atoms with Crippen LogP contribution in [0.5, 0.6) is 0 Å². The second-order valence-electron chi connectivity index (χ2n) is 13.7. The van der Waals surface area contributed by atoms with Crippen molar-refractivity contribution in [1.82, 2.24) is 24.5 Å². The maximum atomic E-state index is 10.7. The molecule has 0 aromatic rings. The smallest absolute Gasteiger partial charge is 0.408 e. The largest absolute Gasteiger partial charge is 0.453 e. The van der Waals surface area contributed by atoms with Gasteiger partial charge in [-0.1, -0.05) is 81.1 Å². The molecule has 0 aliphatic heterocycles. The summed E-state index contributed by atoms with van der Waals surface area (Å²) in [6.45, 7) is 27.6. The van der Waals surface area contributed by atoms with Gasteiger partial charge in [0.2, 0.25) is 11.8 Å². The summed E-state index contributed by atoms with van der Waals surface area (Å²) in [4.78, 5) is 56.5. The Balaban J connectivity index is -0.0000000623. The highest BCUT2D eigenvalue weighted by Gasteiger charge is 2.03. The summed E-state index contributed by atoms with van der Waals surface area (Å²) in [5.74, 6) is 1.42. The number of amides is 5. The fourth-order valence-electron chi connectivity index (χ4n) is 1.10. The predicted octanol–water partition coefficient (Wildman–Crippen LogP) is 8.98. The van der Waals surface area contributed by atoms with Gasteiger partial charge in [-0.15, -0.1) is 0 Å². The third-order valence-electron chi connectivity index (χ3n) is 6.38. The molecule has 0 heterocycles. The number of nitrogens with zero attached hydrogens (tertiary/aromatic N) is 7. The van der Waals surface area contributed by atoms with Gasteiger partial charge in [0.05, 0.1) is 7.11 Å². The molecular weight excluding hydrogens is 721 g/mol. The van der Waals surface area contributed by atoms with Crippen LogP contribution in [0.4, 0.5) is 9.59 Å². The highest BCUT2D eigenvalue weighted by Crippen LogP contribution is 2.35. The summed E-state index contributed by atoms with van der Waals surface area (Å²) < 4.78 is 19.2. The third kappa shape index (κ3) is 94.5. The molecule has 0 rings (SSSR count). The summed E-state index contributed by atoms with van der Waals surface area (Å²) in [7, 11) is 21.4. The van der Waals surface area contributed by atoms with Crippen LogP contribution in [0, 0.1) is 11.8 Å². The summed E-state index contributed by atoms with van der Waals surface area (Å²) in [6.07, 6.45) is 4.96. The Morgan fingerprint density at radius 3 is 0.727 bits per heavy atom. The number of hydrogen-bond donors (Lipinski definition) is 0. The molecule has 0 fully saturated rings. The van der Waals surface area contributed by atoms with Crippen LogP contribution in [0.2, 0.25) is 0 Å². The Bertz CT molecular complexity index is 919.